The van der Waals surface area contributed by atoms with Crippen LogP contribution in [0.5, 0.6) is 11.5 Å². The number of carbonyl (C=O) groups excluding carboxylic acids is 1. The van der Waals surface area contributed by atoms with Crippen LogP contribution in [0.1, 0.15) is 35.2 Å². The molecule has 0 saturated carbocycles. The standard InChI is InChI=1S/C36H29N3O7S/c1-23-32(35(41)46-22-26-11-7-4-8-12-26)33(27-15-18-29(30(20-27)44-2)45-21-25-9-5-3-6-10-25)38-34(40)31(47-36(38)37-23)19-24-13-16-28(17-14-24)39(42)43/h3-20,33H,21-22H2,1-2H3. The monoisotopic (exact) mass is 647 g/mol. The molecule has 6 rings (SSSR count). The van der Waals surface area contributed by atoms with Crippen LogP contribution in [0.4, 0.5) is 5.69 Å². The summed E-state index contributed by atoms with van der Waals surface area (Å²) in [5.74, 6) is 0.325. The van der Waals surface area contributed by atoms with E-state index in [1.54, 1.807) is 43.3 Å². The lowest BCUT2D eigenvalue weighted by molar-refractivity contribution is -0.384. The molecule has 11 heteroatoms. The van der Waals surface area contributed by atoms with E-state index < -0.39 is 16.9 Å². The first kappa shape index (κ1) is 31.2. The van der Waals surface area contributed by atoms with Crippen molar-refractivity contribution in [2.75, 3.05) is 7.11 Å². The Morgan fingerprint density at radius 3 is 2.23 bits per heavy atom. The van der Waals surface area contributed by atoms with Gasteiger partial charge in [-0.15, -0.1) is 0 Å². The van der Waals surface area contributed by atoms with Crippen molar-refractivity contribution in [3.63, 3.8) is 0 Å². The van der Waals surface area contributed by atoms with Gasteiger partial charge in [0.2, 0.25) is 0 Å². The summed E-state index contributed by atoms with van der Waals surface area (Å²) in [5.41, 5.74) is 3.22. The minimum absolute atomic E-state index is 0.0450. The summed E-state index contributed by atoms with van der Waals surface area (Å²) >= 11 is 1.16. The molecule has 2 heterocycles. The molecule has 5 aromatic rings. The van der Waals surface area contributed by atoms with E-state index in [9.17, 15) is 19.7 Å². The molecule has 1 aliphatic heterocycles. The number of ether oxygens (including phenoxy) is 3. The van der Waals surface area contributed by atoms with E-state index in [-0.39, 0.29) is 23.4 Å². The summed E-state index contributed by atoms with van der Waals surface area (Å²) in [5, 5.41) is 11.1. The number of aromatic nitrogens is 1. The number of fused-ring (bicyclic) bond motifs is 1. The van der Waals surface area contributed by atoms with Gasteiger partial charge in [-0.2, -0.15) is 0 Å². The summed E-state index contributed by atoms with van der Waals surface area (Å²) in [7, 11) is 1.53. The van der Waals surface area contributed by atoms with E-state index in [1.165, 1.54) is 23.8 Å². The van der Waals surface area contributed by atoms with Gasteiger partial charge in [-0.05, 0) is 59.5 Å². The molecule has 4 aromatic carbocycles. The van der Waals surface area contributed by atoms with E-state index in [2.05, 4.69) is 4.99 Å². The van der Waals surface area contributed by atoms with Gasteiger partial charge in [0.1, 0.15) is 13.2 Å². The number of thiazole rings is 1. The highest BCUT2D eigenvalue weighted by molar-refractivity contribution is 7.07. The van der Waals surface area contributed by atoms with Gasteiger partial charge < -0.3 is 14.2 Å². The zero-order valence-corrected chi connectivity index (χ0v) is 26.3. The van der Waals surface area contributed by atoms with E-state index in [4.69, 9.17) is 14.2 Å². The summed E-state index contributed by atoms with van der Waals surface area (Å²) in [4.78, 5) is 43.5. The van der Waals surface area contributed by atoms with E-state index >= 15 is 0 Å². The van der Waals surface area contributed by atoms with Crippen LogP contribution in [-0.4, -0.2) is 22.6 Å². The summed E-state index contributed by atoms with van der Waals surface area (Å²) < 4.78 is 19.4. The lowest BCUT2D eigenvalue weighted by Gasteiger charge is -2.25. The van der Waals surface area contributed by atoms with Crippen LogP contribution < -0.4 is 24.4 Å². The average Bonchev–Trinajstić information content (AvgIpc) is 3.40. The van der Waals surface area contributed by atoms with Gasteiger partial charge in [0, 0.05) is 12.1 Å². The van der Waals surface area contributed by atoms with Crippen LogP contribution in [0.2, 0.25) is 0 Å². The minimum atomic E-state index is -0.884. The Balaban J connectivity index is 1.42. The Morgan fingerprint density at radius 2 is 1.60 bits per heavy atom. The highest BCUT2D eigenvalue weighted by Crippen LogP contribution is 2.36. The molecule has 47 heavy (non-hydrogen) atoms. The van der Waals surface area contributed by atoms with Crippen molar-refractivity contribution < 1.29 is 23.9 Å². The van der Waals surface area contributed by atoms with Crippen molar-refractivity contribution in [3.05, 3.63) is 166 Å². The second-order valence-corrected chi connectivity index (χ2v) is 11.7. The molecular weight excluding hydrogens is 618 g/mol. The van der Waals surface area contributed by atoms with E-state index in [0.717, 1.165) is 22.5 Å². The van der Waals surface area contributed by atoms with Crippen LogP contribution in [-0.2, 0) is 22.7 Å². The Hall–Kier alpha value is -5.81. The molecule has 1 aromatic heterocycles. The van der Waals surface area contributed by atoms with Crippen molar-refractivity contribution >= 4 is 29.1 Å². The predicted molar refractivity (Wildman–Crippen MR) is 177 cm³/mol. The van der Waals surface area contributed by atoms with Crippen LogP contribution in [0.25, 0.3) is 6.08 Å². The number of esters is 1. The maximum atomic E-state index is 14.1. The Kier molecular flexibility index (Phi) is 9.07. The number of hydrogen-bond acceptors (Lipinski definition) is 9. The highest BCUT2D eigenvalue weighted by Gasteiger charge is 2.34. The van der Waals surface area contributed by atoms with Crippen LogP contribution in [0.3, 0.4) is 0 Å². The molecule has 0 N–H and O–H groups in total. The highest BCUT2D eigenvalue weighted by atomic mass is 32.1. The molecule has 1 atom stereocenters. The number of nitro benzene ring substituents is 1. The first-order valence-electron chi connectivity index (χ1n) is 14.6. The molecule has 0 fully saturated rings. The van der Waals surface area contributed by atoms with Crippen molar-refractivity contribution in [1.29, 1.82) is 0 Å². The maximum Gasteiger partial charge on any atom is 0.338 e. The third-order valence-electron chi connectivity index (χ3n) is 7.60. The second-order valence-electron chi connectivity index (χ2n) is 10.7. The van der Waals surface area contributed by atoms with E-state index in [0.29, 0.717) is 44.3 Å². The first-order chi connectivity index (χ1) is 22.8. The molecule has 1 aliphatic rings. The van der Waals surface area contributed by atoms with Crippen molar-refractivity contribution in [2.45, 2.75) is 26.2 Å². The number of benzene rings is 4. The smallest absolute Gasteiger partial charge is 0.338 e. The molecule has 236 valence electrons. The molecule has 0 bridgehead atoms. The van der Waals surface area contributed by atoms with Gasteiger partial charge in [0.25, 0.3) is 11.2 Å². The Labute approximate surface area is 273 Å². The molecule has 0 aliphatic carbocycles. The molecule has 10 nitrogen and oxygen atoms in total. The molecule has 1 unspecified atom stereocenters. The van der Waals surface area contributed by atoms with E-state index in [1.807, 2.05) is 60.7 Å². The number of methoxy groups -OCH3 is 1. The average molecular weight is 648 g/mol. The third-order valence-corrected chi connectivity index (χ3v) is 8.58. The van der Waals surface area contributed by atoms with Crippen molar-refractivity contribution in [1.82, 2.24) is 4.57 Å². The summed E-state index contributed by atoms with van der Waals surface area (Å²) in [6.45, 7) is 2.09. The van der Waals surface area contributed by atoms with Crippen molar-refractivity contribution in [3.8, 4) is 11.5 Å². The maximum absolute atomic E-state index is 14.1. The number of hydrogen-bond donors (Lipinski definition) is 0. The van der Waals surface area contributed by atoms with Gasteiger partial charge >= 0.3 is 5.97 Å². The lowest BCUT2D eigenvalue weighted by atomic mass is 9.95. The molecule has 0 amide bonds. The number of non-ortho nitro benzene ring substituents is 1. The van der Waals surface area contributed by atoms with Crippen LogP contribution in [0, 0.1) is 10.1 Å². The van der Waals surface area contributed by atoms with Gasteiger partial charge in [-0.25, -0.2) is 9.79 Å². The van der Waals surface area contributed by atoms with Gasteiger partial charge in [0.15, 0.2) is 16.3 Å². The topological polar surface area (TPSA) is 122 Å². The number of nitro groups is 1. The largest absolute Gasteiger partial charge is 0.493 e. The lowest BCUT2D eigenvalue weighted by Crippen LogP contribution is -2.39. The molecule has 0 spiro atoms. The number of nitrogens with zero attached hydrogens (tertiary/aromatic N) is 3. The fourth-order valence-electron chi connectivity index (χ4n) is 5.25. The van der Waals surface area contributed by atoms with Gasteiger partial charge in [-0.3, -0.25) is 19.5 Å². The minimum Gasteiger partial charge on any atom is -0.493 e. The zero-order valence-electron chi connectivity index (χ0n) is 25.5. The summed E-state index contributed by atoms with van der Waals surface area (Å²) in [6, 6.07) is 29.4. The van der Waals surface area contributed by atoms with Gasteiger partial charge in [0.05, 0.1) is 33.9 Å². The number of carbonyl (C=O) groups is 1. The second kappa shape index (κ2) is 13.7. The first-order valence-corrected chi connectivity index (χ1v) is 15.5. The molecule has 0 radical (unpaired) electrons. The number of allylic oxidation sites excluding steroid dienone is 1. The Morgan fingerprint density at radius 1 is 0.936 bits per heavy atom. The van der Waals surface area contributed by atoms with Crippen LogP contribution >= 0.6 is 11.3 Å². The SMILES string of the molecule is COc1cc(C2C(C(=O)OCc3ccccc3)=C(C)N=c3sc(=Cc4ccc([N+](=O)[O-])cc4)c(=O)n32)ccc1OCc1ccccc1. The van der Waals surface area contributed by atoms with Crippen molar-refractivity contribution in [2.24, 2.45) is 4.99 Å². The fourth-order valence-corrected chi connectivity index (χ4v) is 6.30. The number of rotatable bonds is 10. The quantitative estimate of drug-likeness (QED) is 0.112. The Bertz CT molecular complexity index is 2160. The normalized spacial score (nSPS) is 14.3. The molecule has 0 saturated heterocycles. The zero-order chi connectivity index (χ0) is 32.9. The van der Waals surface area contributed by atoms with Gasteiger partial charge in [-0.1, -0.05) is 78.1 Å². The molecular formula is C36H29N3O7S. The third kappa shape index (κ3) is 6.75. The fraction of sp³-hybridized carbons (Fsp3) is 0.139. The predicted octanol–water partition coefficient (Wildman–Crippen LogP) is 5.47. The van der Waals surface area contributed by atoms with Crippen LogP contribution in [0.15, 0.2) is 124 Å². The summed E-state index contributed by atoms with van der Waals surface area (Å²) in [6.07, 6.45) is 1.65.